The number of ether oxygens (including phenoxy) is 1. The van der Waals surface area contributed by atoms with Crippen LogP contribution in [0.15, 0.2) is 0 Å². The van der Waals surface area contributed by atoms with Gasteiger partial charge in [-0.05, 0) is 37.0 Å². The lowest BCUT2D eigenvalue weighted by atomic mass is 9.84. The van der Waals surface area contributed by atoms with Crippen LogP contribution in [0.2, 0.25) is 0 Å². The second kappa shape index (κ2) is 6.49. The van der Waals surface area contributed by atoms with Crippen molar-refractivity contribution in [2.75, 3.05) is 19.8 Å². The molecule has 15 heavy (non-hydrogen) atoms. The van der Waals surface area contributed by atoms with Crippen LogP contribution in [0.25, 0.3) is 0 Å². The normalized spacial score (nSPS) is 20.0. The summed E-state index contributed by atoms with van der Waals surface area (Å²) in [6, 6.07) is 0. The van der Waals surface area contributed by atoms with Crippen LogP contribution in [0.5, 0.6) is 0 Å². The number of hydrogen-bond donors (Lipinski definition) is 1. The Bertz CT molecular complexity index is 160. The summed E-state index contributed by atoms with van der Waals surface area (Å²) in [4.78, 5) is 0. The zero-order chi connectivity index (χ0) is 11.1. The Morgan fingerprint density at radius 3 is 2.40 bits per heavy atom. The first-order chi connectivity index (χ1) is 7.18. The van der Waals surface area contributed by atoms with Crippen LogP contribution in [-0.4, -0.2) is 24.9 Å². The molecule has 0 radical (unpaired) electrons. The van der Waals surface area contributed by atoms with Crippen molar-refractivity contribution in [2.24, 2.45) is 11.3 Å². The highest BCUT2D eigenvalue weighted by atomic mass is 16.5. The fourth-order valence-electron chi connectivity index (χ4n) is 2.32. The lowest BCUT2D eigenvalue weighted by molar-refractivity contribution is 0.0564. The molecule has 0 aromatic carbocycles. The van der Waals surface area contributed by atoms with E-state index in [4.69, 9.17) is 4.74 Å². The van der Waals surface area contributed by atoms with Gasteiger partial charge in [-0.15, -0.1) is 0 Å². The maximum Gasteiger partial charge on any atom is 0.0488 e. The van der Waals surface area contributed by atoms with Crippen molar-refractivity contribution >= 4 is 0 Å². The van der Waals surface area contributed by atoms with Gasteiger partial charge in [0.05, 0.1) is 0 Å². The van der Waals surface area contributed by atoms with Gasteiger partial charge in [-0.25, -0.2) is 0 Å². The molecule has 0 heterocycles. The topological polar surface area (TPSA) is 29.5 Å². The molecule has 1 N–H and O–H groups in total. The van der Waals surface area contributed by atoms with Gasteiger partial charge in [0.25, 0.3) is 0 Å². The second-order valence-electron chi connectivity index (χ2n) is 5.41. The zero-order valence-electron chi connectivity index (χ0n) is 10.3. The van der Waals surface area contributed by atoms with Crippen molar-refractivity contribution in [1.29, 1.82) is 0 Å². The molecule has 2 nitrogen and oxygen atoms in total. The molecule has 90 valence electrons. The molecule has 1 fully saturated rings. The molecule has 1 saturated carbocycles. The van der Waals surface area contributed by atoms with E-state index in [-0.39, 0.29) is 5.41 Å². The fraction of sp³-hybridized carbons (Fsp3) is 1.00. The third-order valence-corrected chi connectivity index (χ3v) is 3.62. The number of aliphatic hydroxyl groups excluding tert-OH is 1. The third-order valence-electron chi connectivity index (χ3n) is 3.62. The van der Waals surface area contributed by atoms with Crippen LogP contribution < -0.4 is 0 Å². The Kier molecular flexibility index (Phi) is 5.62. The van der Waals surface area contributed by atoms with Crippen LogP contribution in [0, 0.1) is 11.3 Å². The summed E-state index contributed by atoms with van der Waals surface area (Å²) in [6.45, 7) is 6.48. The summed E-state index contributed by atoms with van der Waals surface area (Å²) < 4.78 is 5.62. The molecule has 1 aliphatic rings. The molecule has 0 saturated heterocycles. The summed E-state index contributed by atoms with van der Waals surface area (Å²) in [7, 11) is 0. The van der Waals surface area contributed by atoms with Gasteiger partial charge in [-0.1, -0.05) is 26.7 Å². The Balaban J connectivity index is 2.07. The van der Waals surface area contributed by atoms with Crippen molar-refractivity contribution in [1.82, 2.24) is 0 Å². The lowest BCUT2D eigenvalue weighted by Crippen LogP contribution is -2.23. The summed E-state index contributed by atoms with van der Waals surface area (Å²) in [5.41, 5.74) is 0.206. The zero-order valence-corrected chi connectivity index (χ0v) is 10.3. The summed E-state index contributed by atoms with van der Waals surface area (Å²) >= 11 is 0. The van der Waals surface area contributed by atoms with Gasteiger partial charge in [-0.3, -0.25) is 0 Å². The molecule has 2 heteroatoms. The van der Waals surface area contributed by atoms with Crippen LogP contribution in [0.3, 0.4) is 0 Å². The van der Waals surface area contributed by atoms with Gasteiger partial charge in [0, 0.05) is 19.8 Å². The maximum atomic E-state index is 9.41. The molecule has 0 spiro atoms. The average molecular weight is 214 g/mol. The van der Waals surface area contributed by atoms with E-state index in [9.17, 15) is 5.11 Å². The lowest BCUT2D eigenvalue weighted by Gasteiger charge is -2.26. The van der Waals surface area contributed by atoms with Gasteiger partial charge in [-0.2, -0.15) is 0 Å². The predicted octanol–water partition coefficient (Wildman–Crippen LogP) is 2.99. The van der Waals surface area contributed by atoms with E-state index in [0.29, 0.717) is 6.61 Å². The molecule has 0 aliphatic heterocycles. The highest BCUT2D eigenvalue weighted by Crippen LogP contribution is 2.40. The minimum absolute atomic E-state index is 0.206. The van der Waals surface area contributed by atoms with E-state index in [1.54, 1.807) is 0 Å². The third kappa shape index (κ3) is 4.52. The second-order valence-corrected chi connectivity index (χ2v) is 5.41. The first kappa shape index (κ1) is 13.0. The smallest absolute Gasteiger partial charge is 0.0488 e. The predicted molar refractivity (Wildman–Crippen MR) is 62.9 cm³/mol. The number of hydrogen-bond acceptors (Lipinski definition) is 2. The van der Waals surface area contributed by atoms with Gasteiger partial charge in [0.2, 0.25) is 0 Å². The van der Waals surface area contributed by atoms with E-state index in [0.717, 1.165) is 32.0 Å². The monoisotopic (exact) mass is 214 g/mol. The summed E-state index contributed by atoms with van der Waals surface area (Å²) in [6.07, 6.45) is 7.14. The van der Waals surface area contributed by atoms with Crippen molar-refractivity contribution in [3.8, 4) is 0 Å². The first-order valence-corrected chi connectivity index (χ1v) is 6.37. The van der Waals surface area contributed by atoms with Gasteiger partial charge < -0.3 is 9.84 Å². The van der Waals surface area contributed by atoms with Crippen molar-refractivity contribution in [3.05, 3.63) is 0 Å². The SMILES string of the molecule is CC(C)CCOCCC1(CO)CCCC1. The highest BCUT2D eigenvalue weighted by Gasteiger charge is 2.32. The summed E-state index contributed by atoms with van der Waals surface area (Å²) in [5.74, 6) is 0.725. The van der Waals surface area contributed by atoms with E-state index in [2.05, 4.69) is 13.8 Å². The maximum absolute atomic E-state index is 9.41. The van der Waals surface area contributed by atoms with E-state index >= 15 is 0 Å². The molecular weight excluding hydrogens is 188 g/mol. The van der Waals surface area contributed by atoms with Gasteiger partial charge in [0.1, 0.15) is 0 Å². The molecular formula is C13H26O2. The molecule has 0 aromatic rings. The Hall–Kier alpha value is -0.0800. The Labute approximate surface area is 94.0 Å². The fourth-order valence-corrected chi connectivity index (χ4v) is 2.32. The quantitative estimate of drug-likeness (QED) is 0.660. The summed E-state index contributed by atoms with van der Waals surface area (Å²) in [5, 5.41) is 9.41. The molecule has 0 atom stereocenters. The van der Waals surface area contributed by atoms with Crippen LogP contribution in [0.4, 0.5) is 0 Å². The van der Waals surface area contributed by atoms with Crippen molar-refractivity contribution < 1.29 is 9.84 Å². The largest absolute Gasteiger partial charge is 0.396 e. The van der Waals surface area contributed by atoms with E-state index < -0.39 is 0 Å². The van der Waals surface area contributed by atoms with Crippen LogP contribution >= 0.6 is 0 Å². The molecule has 1 rings (SSSR count). The molecule has 1 aliphatic carbocycles. The molecule has 0 bridgehead atoms. The Morgan fingerprint density at radius 2 is 1.87 bits per heavy atom. The van der Waals surface area contributed by atoms with Crippen LogP contribution in [0.1, 0.15) is 52.4 Å². The Morgan fingerprint density at radius 1 is 1.20 bits per heavy atom. The van der Waals surface area contributed by atoms with Gasteiger partial charge in [0.15, 0.2) is 0 Å². The van der Waals surface area contributed by atoms with Crippen molar-refractivity contribution in [3.63, 3.8) is 0 Å². The highest BCUT2D eigenvalue weighted by molar-refractivity contribution is 4.83. The molecule has 0 aromatic heterocycles. The average Bonchev–Trinajstić information content (AvgIpc) is 2.66. The van der Waals surface area contributed by atoms with Crippen molar-refractivity contribution in [2.45, 2.75) is 52.4 Å². The minimum Gasteiger partial charge on any atom is -0.396 e. The first-order valence-electron chi connectivity index (χ1n) is 6.37. The van der Waals surface area contributed by atoms with E-state index in [1.165, 1.54) is 25.7 Å². The molecule has 0 amide bonds. The van der Waals surface area contributed by atoms with E-state index in [1.807, 2.05) is 0 Å². The number of aliphatic hydroxyl groups is 1. The standard InChI is InChI=1S/C13H26O2/c1-12(2)5-9-15-10-8-13(11-14)6-3-4-7-13/h12,14H,3-11H2,1-2H3. The number of rotatable bonds is 7. The van der Waals surface area contributed by atoms with Crippen LogP contribution in [-0.2, 0) is 4.74 Å². The molecule has 0 unspecified atom stereocenters. The van der Waals surface area contributed by atoms with Gasteiger partial charge >= 0.3 is 0 Å². The minimum atomic E-state index is 0.206.